The van der Waals surface area contributed by atoms with E-state index in [2.05, 4.69) is 16.4 Å². The highest BCUT2D eigenvalue weighted by Crippen LogP contribution is 2.34. The highest BCUT2D eigenvalue weighted by Gasteiger charge is 2.20. The van der Waals surface area contributed by atoms with Crippen molar-refractivity contribution in [1.29, 1.82) is 0 Å². The number of rotatable bonds is 8. The Morgan fingerprint density at radius 3 is 2.55 bits per heavy atom. The van der Waals surface area contributed by atoms with Gasteiger partial charge in [-0.25, -0.2) is 0 Å². The average Bonchev–Trinajstić information content (AvgIpc) is 3.27. The minimum Gasteiger partial charge on any atom is -0.493 e. The van der Waals surface area contributed by atoms with E-state index in [0.29, 0.717) is 23.1 Å². The molecule has 0 unspecified atom stereocenters. The molecule has 5 nitrogen and oxygen atoms in total. The van der Waals surface area contributed by atoms with Gasteiger partial charge in [-0.1, -0.05) is 54.1 Å². The molecular formula is C27H25ClN2O3. The van der Waals surface area contributed by atoms with E-state index in [4.69, 9.17) is 21.1 Å². The molecule has 0 bridgehead atoms. The molecule has 2 N–H and O–H groups in total. The third kappa shape index (κ3) is 5.04. The molecule has 1 heterocycles. The zero-order chi connectivity index (χ0) is 23.2. The van der Waals surface area contributed by atoms with Crippen LogP contribution in [0.25, 0.3) is 17.0 Å². The largest absolute Gasteiger partial charge is 0.493 e. The predicted octanol–water partition coefficient (Wildman–Crippen LogP) is 5.80. The van der Waals surface area contributed by atoms with Crippen molar-refractivity contribution < 1.29 is 14.3 Å². The normalized spacial score (nSPS) is 12.1. The van der Waals surface area contributed by atoms with Crippen LogP contribution in [-0.4, -0.2) is 31.7 Å². The Morgan fingerprint density at radius 2 is 1.76 bits per heavy atom. The number of aromatic amines is 1. The van der Waals surface area contributed by atoms with Crippen LogP contribution in [0.4, 0.5) is 0 Å². The Hall–Kier alpha value is -3.70. The average molecular weight is 461 g/mol. The molecule has 0 spiro atoms. The lowest BCUT2D eigenvalue weighted by atomic mass is 9.90. The summed E-state index contributed by atoms with van der Waals surface area (Å²) < 4.78 is 10.6. The molecule has 1 aromatic heterocycles. The van der Waals surface area contributed by atoms with Crippen LogP contribution < -0.4 is 14.8 Å². The third-order valence-electron chi connectivity index (χ3n) is 5.59. The van der Waals surface area contributed by atoms with Gasteiger partial charge in [0.2, 0.25) is 5.91 Å². The van der Waals surface area contributed by atoms with Gasteiger partial charge in [0.1, 0.15) is 0 Å². The van der Waals surface area contributed by atoms with E-state index in [0.717, 1.165) is 27.6 Å². The number of carbonyl (C=O) groups excluding carboxylic acids is 1. The lowest BCUT2D eigenvalue weighted by Gasteiger charge is -2.19. The number of hydrogen-bond acceptors (Lipinski definition) is 3. The SMILES string of the molecule is COc1ccc(/C=C/C(=O)NC[C@H](c2ccccc2Cl)c2c[nH]c3ccccc23)cc1OC. The van der Waals surface area contributed by atoms with Crippen molar-refractivity contribution in [3.63, 3.8) is 0 Å². The molecule has 0 saturated heterocycles. The summed E-state index contributed by atoms with van der Waals surface area (Å²) in [6.45, 7) is 0.403. The number of benzene rings is 3. The zero-order valence-electron chi connectivity index (χ0n) is 18.5. The number of aromatic nitrogens is 1. The molecule has 1 amide bonds. The Bertz CT molecular complexity index is 1300. The highest BCUT2D eigenvalue weighted by molar-refractivity contribution is 6.31. The van der Waals surface area contributed by atoms with E-state index < -0.39 is 0 Å². The molecule has 33 heavy (non-hydrogen) atoms. The second-order valence-corrected chi connectivity index (χ2v) is 7.96. The van der Waals surface area contributed by atoms with Crippen LogP contribution in [0.3, 0.4) is 0 Å². The van der Waals surface area contributed by atoms with Gasteiger partial charge in [0.25, 0.3) is 0 Å². The van der Waals surface area contributed by atoms with Gasteiger partial charge in [-0.15, -0.1) is 0 Å². The molecule has 168 valence electrons. The molecule has 0 fully saturated rings. The Morgan fingerprint density at radius 1 is 1.00 bits per heavy atom. The van der Waals surface area contributed by atoms with Gasteiger partial charge in [-0.2, -0.15) is 0 Å². The number of para-hydroxylation sites is 1. The minimum atomic E-state index is -0.193. The standard InChI is InChI=1S/C27H25ClN2O3/c1-32-25-13-11-18(15-26(25)33-2)12-14-27(31)30-17-21(19-7-3-5-9-23(19)28)22-16-29-24-10-6-4-8-20(22)24/h3-16,21,29H,17H2,1-2H3,(H,30,31)/b14-12+/t21-/m1/s1. The Balaban J connectivity index is 1.54. The molecule has 1 atom stereocenters. The van der Waals surface area contributed by atoms with Crippen LogP contribution in [-0.2, 0) is 4.79 Å². The third-order valence-corrected chi connectivity index (χ3v) is 5.94. The van der Waals surface area contributed by atoms with Crippen molar-refractivity contribution in [2.45, 2.75) is 5.92 Å². The minimum absolute atomic E-state index is 0.103. The van der Waals surface area contributed by atoms with Gasteiger partial charge in [0.15, 0.2) is 11.5 Å². The summed E-state index contributed by atoms with van der Waals surface area (Å²) in [5.74, 6) is 0.952. The maximum Gasteiger partial charge on any atom is 0.244 e. The first-order valence-corrected chi connectivity index (χ1v) is 11.0. The van der Waals surface area contributed by atoms with E-state index in [1.165, 1.54) is 6.08 Å². The van der Waals surface area contributed by atoms with Crippen molar-refractivity contribution in [3.8, 4) is 11.5 Å². The van der Waals surface area contributed by atoms with E-state index >= 15 is 0 Å². The number of halogens is 1. The van der Waals surface area contributed by atoms with Gasteiger partial charge >= 0.3 is 0 Å². The molecule has 4 rings (SSSR count). The summed E-state index contributed by atoms with van der Waals surface area (Å²) >= 11 is 6.54. The zero-order valence-corrected chi connectivity index (χ0v) is 19.2. The molecule has 6 heteroatoms. The number of H-pyrrole nitrogens is 1. The van der Waals surface area contributed by atoms with Crippen LogP contribution in [0, 0.1) is 0 Å². The summed E-state index contributed by atoms with van der Waals surface area (Å²) in [7, 11) is 3.17. The Labute approximate surface area is 198 Å². The number of fused-ring (bicyclic) bond motifs is 1. The molecule has 3 aromatic carbocycles. The van der Waals surface area contributed by atoms with Crippen LogP contribution in [0.2, 0.25) is 5.02 Å². The smallest absolute Gasteiger partial charge is 0.244 e. The molecule has 0 radical (unpaired) electrons. The van der Waals surface area contributed by atoms with Crippen molar-refractivity contribution in [1.82, 2.24) is 10.3 Å². The second-order valence-electron chi connectivity index (χ2n) is 7.56. The van der Waals surface area contributed by atoms with E-state index in [9.17, 15) is 4.79 Å². The summed E-state index contributed by atoms with van der Waals surface area (Å²) in [6, 6.07) is 21.3. The van der Waals surface area contributed by atoms with Crippen LogP contribution in [0.5, 0.6) is 11.5 Å². The fraction of sp³-hybridized carbons (Fsp3) is 0.148. The number of nitrogens with one attached hydrogen (secondary N) is 2. The number of carbonyl (C=O) groups is 1. The highest BCUT2D eigenvalue weighted by atomic mass is 35.5. The van der Waals surface area contributed by atoms with Crippen LogP contribution >= 0.6 is 11.6 Å². The predicted molar refractivity (Wildman–Crippen MR) is 133 cm³/mol. The van der Waals surface area contributed by atoms with Crippen molar-refractivity contribution >= 4 is 34.5 Å². The van der Waals surface area contributed by atoms with E-state index in [1.807, 2.05) is 60.8 Å². The fourth-order valence-corrected chi connectivity index (χ4v) is 4.18. The molecule has 4 aromatic rings. The quantitative estimate of drug-likeness (QED) is 0.326. The molecular weight excluding hydrogens is 436 g/mol. The van der Waals surface area contributed by atoms with Gasteiger partial charge in [0.05, 0.1) is 14.2 Å². The summed E-state index contributed by atoms with van der Waals surface area (Å²) in [5.41, 5.74) is 3.93. The number of amides is 1. The molecule has 0 aliphatic rings. The van der Waals surface area contributed by atoms with Crippen molar-refractivity contribution in [2.24, 2.45) is 0 Å². The first kappa shape index (κ1) is 22.5. The summed E-state index contributed by atoms with van der Waals surface area (Å²) in [6.07, 6.45) is 5.25. The summed E-state index contributed by atoms with van der Waals surface area (Å²) in [4.78, 5) is 16.0. The van der Waals surface area contributed by atoms with Gasteiger partial charge < -0.3 is 19.8 Å². The van der Waals surface area contributed by atoms with E-state index in [1.54, 1.807) is 26.4 Å². The summed E-state index contributed by atoms with van der Waals surface area (Å²) in [5, 5.41) is 4.81. The Kier molecular flexibility index (Phi) is 7.01. The fourth-order valence-electron chi connectivity index (χ4n) is 3.92. The maximum absolute atomic E-state index is 12.7. The second kappa shape index (κ2) is 10.3. The van der Waals surface area contributed by atoms with Crippen molar-refractivity contribution in [3.05, 3.63) is 101 Å². The van der Waals surface area contributed by atoms with Gasteiger partial charge in [0, 0.05) is 40.7 Å². The monoisotopic (exact) mass is 460 g/mol. The topological polar surface area (TPSA) is 63.3 Å². The van der Waals surface area contributed by atoms with E-state index in [-0.39, 0.29) is 11.8 Å². The molecule has 0 saturated carbocycles. The number of hydrogen-bond donors (Lipinski definition) is 2. The van der Waals surface area contributed by atoms with Gasteiger partial charge in [-0.3, -0.25) is 4.79 Å². The lowest BCUT2D eigenvalue weighted by molar-refractivity contribution is -0.116. The number of ether oxygens (including phenoxy) is 2. The van der Waals surface area contributed by atoms with Crippen molar-refractivity contribution in [2.75, 3.05) is 20.8 Å². The maximum atomic E-state index is 12.7. The first-order chi connectivity index (χ1) is 16.1. The van der Waals surface area contributed by atoms with Crippen LogP contribution in [0.1, 0.15) is 22.6 Å². The first-order valence-electron chi connectivity index (χ1n) is 10.6. The van der Waals surface area contributed by atoms with Gasteiger partial charge in [-0.05, 0) is 47.0 Å². The number of methoxy groups -OCH3 is 2. The molecule has 0 aliphatic heterocycles. The molecule has 0 aliphatic carbocycles. The van der Waals surface area contributed by atoms with Crippen LogP contribution in [0.15, 0.2) is 79.0 Å². The lowest BCUT2D eigenvalue weighted by Crippen LogP contribution is -2.27.